The molecular weight excluding hydrogens is 362 g/mol. The van der Waals surface area contributed by atoms with Crippen LogP contribution in [0.1, 0.15) is 67.3 Å². The molecule has 0 saturated carbocycles. The minimum absolute atomic E-state index is 0.117. The number of nitrogens with zero attached hydrogens (tertiary/aromatic N) is 3. The molecule has 29 heavy (non-hydrogen) atoms. The largest absolute Gasteiger partial charge is 0.391 e. The van der Waals surface area contributed by atoms with E-state index in [1.165, 1.54) is 0 Å². The maximum Gasteiger partial charge on any atom is 0.178 e. The number of nitriles is 1. The van der Waals surface area contributed by atoms with Gasteiger partial charge in [-0.3, -0.25) is 9.69 Å². The van der Waals surface area contributed by atoms with Gasteiger partial charge in [0.1, 0.15) is 0 Å². The predicted octanol–water partition coefficient (Wildman–Crippen LogP) is 3.74. The summed E-state index contributed by atoms with van der Waals surface area (Å²) in [4.78, 5) is 15.5. The summed E-state index contributed by atoms with van der Waals surface area (Å²) in [5, 5.41) is 19.3. The van der Waals surface area contributed by atoms with E-state index in [1.54, 1.807) is 0 Å². The molecule has 0 spiro atoms. The molecule has 4 rings (SSSR count). The van der Waals surface area contributed by atoms with Crippen molar-refractivity contribution in [2.24, 2.45) is 0 Å². The van der Waals surface area contributed by atoms with Crippen LogP contribution in [0.3, 0.4) is 0 Å². The number of aliphatic hydroxyl groups is 1. The molecule has 1 aromatic carbocycles. The average Bonchev–Trinajstić information content (AvgIpc) is 3.31. The Bertz CT molecular complexity index is 975. The lowest BCUT2D eigenvalue weighted by molar-refractivity contribution is 0.0873. The van der Waals surface area contributed by atoms with E-state index < -0.39 is 0 Å². The van der Waals surface area contributed by atoms with Crippen LogP contribution in [0.4, 0.5) is 0 Å². The van der Waals surface area contributed by atoms with Gasteiger partial charge in [0, 0.05) is 40.1 Å². The molecule has 2 bridgehead atoms. The third-order valence-electron chi connectivity index (χ3n) is 6.55. The first-order chi connectivity index (χ1) is 13.7. The van der Waals surface area contributed by atoms with Crippen molar-refractivity contribution >= 4 is 5.78 Å². The second-order valence-corrected chi connectivity index (χ2v) is 9.47. The van der Waals surface area contributed by atoms with Crippen LogP contribution in [-0.2, 0) is 5.41 Å². The van der Waals surface area contributed by atoms with Crippen molar-refractivity contribution in [3.8, 4) is 11.8 Å². The summed E-state index contributed by atoms with van der Waals surface area (Å²) < 4.78 is 2.14. The molecule has 1 N–H and O–H groups in total. The highest BCUT2D eigenvalue weighted by Crippen LogP contribution is 2.38. The Morgan fingerprint density at radius 3 is 2.45 bits per heavy atom. The smallest absolute Gasteiger partial charge is 0.178 e. The minimum Gasteiger partial charge on any atom is -0.391 e. The summed E-state index contributed by atoms with van der Waals surface area (Å²) in [5.74, 6) is 0.117. The van der Waals surface area contributed by atoms with Gasteiger partial charge < -0.3 is 9.67 Å². The molecule has 2 fully saturated rings. The standard InChI is InChI=1S/C24H29N3O2/c1-15-19(22(29)14-26-18-9-10-20(26)21(28)11-18)12-23(24(2,3)4)27(15)17-7-5-16(13-25)6-8-17/h5-8,12,18,20-21,28H,9-11,14H2,1-4H3/t18?,20?,21-/m0/s1. The number of fused-ring (bicyclic) bond motifs is 2. The van der Waals surface area contributed by atoms with Gasteiger partial charge in [-0.2, -0.15) is 5.26 Å². The Kier molecular flexibility index (Phi) is 4.88. The van der Waals surface area contributed by atoms with Gasteiger partial charge in [-0.25, -0.2) is 0 Å². The Hall–Kier alpha value is -2.42. The minimum atomic E-state index is -0.295. The van der Waals surface area contributed by atoms with Crippen molar-refractivity contribution in [3.05, 3.63) is 52.8 Å². The first-order valence-electron chi connectivity index (χ1n) is 10.4. The summed E-state index contributed by atoms with van der Waals surface area (Å²) in [6, 6.07) is 12.2. The van der Waals surface area contributed by atoms with Gasteiger partial charge in [0.05, 0.1) is 24.3 Å². The van der Waals surface area contributed by atoms with Gasteiger partial charge >= 0.3 is 0 Å². The fraction of sp³-hybridized carbons (Fsp3) is 0.500. The monoisotopic (exact) mass is 391 g/mol. The zero-order chi connectivity index (χ0) is 20.9. The molecule has 2 saturated heterocycles. The molecular formula is C24H29N3O2. The Morgan fingerprint density at radius 1 is 1.24 bits per heavy atom. The fourth-order valence-corrected chi connectivity index (χ4v) is 5.02. The molecule has 2 aromatic rings. The second kappa shape index (κ2) is 7.12. The van der Waals surface area contributed by atoms with E-state index in [-0.39, 0.29) is 23.3 Å². The van der Waals surface area contributed by atoms with Crippen molar-refractivity contribution in [1.82, 2.24) is 9.47 Å². The molecule has 3 atom stereocenters. The zero-order valence-corrected chi connectivity index (χ0v) is 17.6. The molecule has 2 aliphatic heterocycles. The van der Waals surface area contributed by atoms with Crippen molar-refractivity contribution in [2.45, 2.75) is 70.6 Å². The SMILES string of the molecule is Cc1c(C(=O)CN2C3CCC2[C@@H](O)C3)cc(C(C)(C)C)n1-c1ccc(C#N)cc1. The number of rotatable bonds is 4. The third-order valence-corrected chi connectivity index (χ3v) is 6.55. The highest BCUT2D eigenvalue weighted by molar-refractivity contribution is 5.99. The summed E-state index contributed by atoms with van der Waals surface area (Å²) in [5.41, 5.74) is 4.20. The molecule has 0 amide bonds. The first kappa shape index (κ1) is 19.9. The summed E-state index contributed by atoms with van der Waals surface area (Å²) in [6.07, 6.45) is 2.55. The average molecular weight is 392 g/mol. The Balaban J connectivity index is 1.70. The van der Waals surface area contributed by atoms with E-state index in [0.29, 0.717) is 18.2 Å². The van der Waals surface area contributed by atoms with Crippen LogP contribution in [0, 0.1) is 18.3 Å². The van der Waals surface area contributed by atoms with Crippen molar-refractivity contribution < 1.29 is 9.90 Å². The number of carbonyl (C=O) groups excluding carboxylic acids is 1. The molecule has 5 heteroatoms. The van der Waals surface area contributed by atoms with Gasteiger partial charge in [-0.05, 0) is 56.5 Å². The number of aromatic nitrogens is 1. The lowest BCUT2D eigenvalue weighted by Crippen LogP contribution is -2.36. The second-order valence-electron chi connectivity index (χ2n) is 9.47. The summed E-state index contributed by atoms with van der Waals surface area (Å²) >= 11 is 0. The lowest BCUT2D eigenvalue weighted by atomic mass is 9.91. The van der Waals surface area contributed by atoms with Gasteiger partial charge in [0.25, 0.3) is 0 Å². The zero-order valence-electron chi connectivity index (χ0n) is 17.6. The molecule has 0 radical (unpaired) electrons. The Labute approximate surface area is 172 Å². The van der Waals surface area contributed by atoms with Crippen LogP contribution >= 0.6 is 0 Å². The van der Waals surface area contributed by atoms with Gasteiger partial charge in [0.15, 0.2) is 5.78 Å². The van der Waals surface area contributed by atoms with Crippen LogP contribution in [-0.4, -0.2) is 45.1 Å². The molecule has 1 aromatic heterocycles. The molecule has 152 valence electrons. The van der Waals surface area contributed by atoms with Crippen LogP contribution < -0.4 is 0 Å². The molecule has 3 heterocycles. The summed E-state index contributed by atoms with van der Waals surface area (Å²) in [6.45, 7) is 8.80. The van der Waals surface area contributed by atoms with Gasteiger partial charge in [0.2, 0.25) is 0 Å². The summed E-state index contributed by atoms with van der Waals surface area (Å²) in [7, 11) is 0. The number of hydrogen-bond acceptors (Lipinski definition) is 4. The highest BCUT2D eigenvalue weighted by Gasteiger charge is 2.46. The van der Waals surface area contributed by atoms with E-state index in [4.69, 9.17) is 5.26 Å². The highest BCUT2D eigenvalue weighted by atomic mass is 16.3. The topological polar surface area (TPSA) is 69.3 Å². The predicted molar refractivity (Wildman–Crippen MR) is 112 cm³/mol. The van der Waals surface area contributed by atoms with E-state index in [2.05, 4.69) is 36.3 Å². The van der Waals surface area contributed by atoms with Crippen LogP contribution in [0.2, 0.25) is 0 Å². The van der Waals surface area contributed by atoms with Gasteiger partial charge in [-0.1, -0.05) is 20.8 Å². The number of hydrogen-bond donors (Lipinski definition) is 1. The van der Waals surface area contributed by atoms with Crippen molar-refractivity contribution in [2.75, 3.05) is 6.54 Å². The quantitative estimate of drug-likeness (QED) is 0.806. The van der Waals surface area contributed by atoms with Crippen LogP contribution in [0.25, 0.3) is 5.69 Å². The molecule has 5 nitrogen and oxygen atoms in total. The maximum absolute atomic E-state index is 13.3. The normalized spacial score (nSPS) is 24.1. The van der Waals surface area contributed by atoms with E-state index in [9.17, 15) is 9.90 Å². The molecule has 2 unspecified atom stereocenters. The number of aliphatic hydroxyl groups excluding tert-OH is 1. The van der Waals surface area contributed by atoms with E-state index in [1.807, 2.05) is 37.3 Å². The van der Waals surface area contributed by atoms with Crippen LogP contribution in [0.5, 0.6) is 0 Å². The third kappa shape index (κ3) is 3.41. The maximum atomic E-state index is 13.3. The first-order valence-corrected chi connectivity index (χ1v) is 10.4. The van der Waals surface area contributed by atoms with Crippen LogP contribution in [0.15, 0.2) is 30.3 Å². The van der Waals surface area contributed by atoms with Crippen molar-refractivity contribution in [1.29, 1.82) is 5.26 Å². The number of Topliss-reactive ketones (excluding diaryl/α,β-unsaturated/α-hetero) is 1. The van der Waals surface area contributed by atoms with E-state index >= 15 is 0 Å². The van der Waals surface area contributed by atoms with E-state index in [0.717, 1.165) is 41.9 Å². The molecule has 2 aliphatic rings. The number of ketones is 1. The molecule has 0 aliphatic carbocycles. The lowest BCUT2D eigenvalue weighted by Gasteiger charge is -2.22. The van der Waals surface area contributed by atoms with Gasteiger partial charge in [-0.15, -0.1) is 0 Å². The Morgan fingerprint density at radius 2 is 1.93 bits per heavy atom. The van der Waals surface area contributed by atoms with Crippen molar-refractivity contribution in [3.63, 3.8) is 0 Å². The number of carbonyl (C=O) groups is 1. The number of benzene rings is 1. The fourth-order valence-electron chi connectivity index (χ4n) is 5.02.